The predicted molar refractivity (Wildman–Crippen MR) is 67.4 cm³/mol. The SMILES string of the molecule is O=C(CO)N1CC[C@H]2[C@@H]1CC(=O)N2c1ccsc1. The second kappa shape index (κ2) is 4.37. The molecule has 3 rings (SSSR count). The first-order valence-corrected chi connectivity index (χ1v) is 6.91. The minimum Gasteiger partial charge on any atom is -0.387 e. The van der Waals surface area contributed by atoms with Crippen molar-refractivity contribution in [2.24, 2.45) is 0 Å². The quantitative estimate of drug-likeness (QED) is 0.845. The highest BCUT2D eigenvalue weighted by Gasteiger charge is 2.48. The van der Waals surface area contributed by atoms with E-state index in [1.54, 1.807) is 16.2 Å². The van der Waals surface area contributed by atoms with Gasteiger partial charge < -0.3 is 14.9 Å². The lowest BCUT2D eigenvalue weighted by Gasteiger charge is -2.24. The summed E-state index contributed by atoms with van der Waals surface area (Å²) in [5, 5.41) is 12.8. The average Bonchev–Trinajstić information content (AvgIpc) is 3.03. The van der Waals surface area contributed by atoms with Gasteiger partial charge in [-0.3, -0.25) is 9.59 Å². The van der Waals surface area contributed by atoms with Gasteiger partial charge in [0.1, 0.15) is 6.61 Å². The van der Waals surface area contributed by atoms with E-state index in [1.807, 2.05) is 21.7 Å². The summed E-state index contributed by atoms with van der Waals surface area (Å²) in [6.07, 6.45) is 1.16. The van der Waals surface area contributed by atoms with Crippen molar-refractivity contribution in [3.63, 3.8) is 0 Å². The average molecular weight is 266 g/mol. The zero-order valence-electron chi connectivity index (χ0n) is 9.78. The maximum Gasteiger partial charge on any atom is 0.248 e. The first kappa shape index (κ1) is 11.7. The molecule has 0 radical (unpaired) electrons. The first-order valence-electron chi connectivity index (χ1n) is 5.97. The van der Waals surface area contributed by atoms with E-state index in [2.05, 4.69) is 0 Å². The number of aliphatic hydroxyl groups is 1. The molecule has 2 aliphatic rings. The molecule has 0 saturated carbocycles. The van der Waals surface area contributed by atoms with Crippen molar-refractivity contribution in [2.45, 2.75) is 24.9 Å². The molecule has 2 saturated heterocycles. The van der Waals surface area contributed by atoms with Crippen molar-refractivity contribution in [1.82, 2.24) is 4.90 Å². The van der Waals surface area contributed by atoms with E-state index >= 15 is 0 Å². The Bertz CT molecular complexity index is 474. The molecule has 18 heavy (non-hydrogen) atoms. The van der Waals surface area contributed by atoms with Crippen LogP contribution in [0, 0.1) is 0 Å². The molecule has 1 N–H and O–H groups in total. The molecule has 0 unspecified atom stereocenters. The third-order valence-electron chi connectivity index (χ3n) is 3.73. The fourth-order valence-electron chi connectivity index (χ4n) is 2.98. The van der Waals surface area contributed by atoms with Gasteiger partial charge in [-0.15, -0.1) is 0 Å². The normalized spacial score (nSPS) is 26.8. The number of rotatable bonds is 2. The molecule has 0 aliphatic carbocycles. The topological polar surface area (TPSA) is 60.9 Å². The molecule has 3 heterocycles. The van der Waals surface area contributed by atoms with Crippen LogP contribution < -0.4 is 4.90 Å². The molecule has 2 fully saturated rings. The number of carbonyl (C=O) groups is 2. The van der Waals surface area contributed by atoms with Crippen LogP contribution in [0.4, 0.5) is 5.69 Å². The second-order valence-corrected chi connectivity index (χ2v) is 5.40. The molecule has 0 spiro atoms. The van der Waals surface area contributed by atoms with Crippen LogP contribution in [-0.2, 0) is 9.59 Å². The van der Waals surface area contributed by atoms with Gasteiger partial charge in [0.25, 0.3) is 0 Å². The Kier molecular flexibility index (Phi) is 2.83. The molecule has 96 valence electrons. The van der Waals surface area contributed by atoms with Crippen LogP contribution >= 0.6 is 11.3 Å². The molecule has 5 nitrogen and oxygen atoms in total. The van der Waals surface area contributed by atoms with Gasteiger partial charge in [-0.1, -0.05) is 0 Å². The van der Waals surface area contributed by atoms with Gasteiger partial charge in [-0.05, 0) is 17.9 Å². The summed E-state index contributed by atoms with van der Waals surface area (Å²) < 4.78 is 0. The van der Waals surface area contributed by atoms with E-state index < -0.39 is 6.61 Å². The fraction of sp³-hybridized carbons (Fsp3) is 0.500. The van der Waals surface area contributed by atoms with E-state index in [0.717, 1.165) is 12.1 Å². The van der Waals surface area contributed by atoms with Gasteiger partial charge in [0, 0.05) is 18.3 Å². The van der Waals surface area contributed by atoms with Crippen LogP contribution in [0.25, 0.3) is 0 Å². The zero-order valence-corrected chi connectivity index (χ0v) is 10.6. The summed E-state index contributed by atoms with van der Waals surface area (Å²) in [7, 11) is 0. The maximum absolute atomic E-state index is 12.1. The largest absolute Gasteiger partial charge is 0.387 e. The summed E-state index contributed by atoms with van der Waals surface area (Å²) in [6.45, 7) is 0.151. The van der Waals surface area contributed by atoms with Crippen molar-refractivity contribution in [3.05, 3.63) is 16.8 Å². The molecular weight excluding hydrogens is 252 g/mol. The third kappa shape index (κ3) is 1.64. The Morgan fingerprint density at radius 2 is 2.33 bits per heavy atom. The molecule has 2 atom stereocenters. The molecule has 2 amide bonds. The number of hydrogen-bond acceptors (Lipinski definition) is 4. The van der Waals surface area contributed by atoms with Crippen molar-refractivity contribution in [1.29, 1.82) is 0 Å². The van der Waals surface area contributed by atoms with Crippen LogP contribution in [0.1, 0.15) is 12.8 Å². The van der Waals surface area contributed by atoms with Crippen LogP contribution in [-0.4, -0.2) is 47.1 Å². The molecule has 0 aromatic carbocycles. The Labute approximate surface area is 109 Å². The van der Waals surface area contributed by atoms with Crippen molar-refractivity contribution in [3.8, 4) is 0 Å². The number of hydrogen-bond donors (Lipinski definition) is 1. The van der Waals surface area contributed by atoms with E-state index in [1.165, 1.54) is 0 Å². The van der Waals surface area contributed by atoms with Gasteiger partial charge in [0.15, 0.2) is 0 Å². The Morgan fingerprint density at radius 1 is 1.50 bits per heavy atom. The van der Waals surface area contributed by atoms with Crippen LogP contribution in [0.5, 0.6) is 0 Å². The lowest BCUT2D eigenvalue weighted by molar-refractivity contribution is -0.135. The van der Waals surface area contributed by atoms with Gasteiger partial charge in [0.2, 0.25) is 11.8 Å². The molecule has 2 aliphatic heterocycles. The third-order valence-corrected chi connectivity index (χ3v) is 4.41. The lowest BCUT2D eigenvalue weighted by atomic mass is 10.1. The fourth-order valence-corrected chi connectivity index (χ4v) is 3.61. The number of anilines is 1. The Hall–Kier alpha value is -1.40. The standard InChI is InChI=1S/C12H14N2O3S/c15-6-12(17)13-3-1-9-10(13)5-11(16)14(9)8-2-4-18-7-8/h2,4,7,9-10,15H,1,3,5-6H2/t9-,10-/m0/s1. The van der Waals surface area contributed by atoms with Crippen LogP contribution in [0.15, 0.2) is 16.8 Å². The second-order valence-electron chi connectivity index (χ2n) is 4.62. The number of carbonyl (C=O) groups excluding carboxylic acids is 2. The highest BCUT2D eigenvalue weighted by molar-refractivity contribution is 7.08. The lowest BCUT2D eigenvalue weighted by Crippen LogP contribution is -2.41. The van der Waals surface area contributed by atoms with Gasteiger partial charge in [-0.25, -0.2) is 0 Å². The number of fused-ring (bicyclic) bond motifs is 1. The van der Waals surface area contributed by atoms with Gasteiger partial charge in [0.05, 0.1) is 17.8 Å². The molecule has 1 aromatic heterocycles. The Balaban J connectivity index is 1.86. The molecule has 1 aromatic rings. The van der Waals surface area contributed by atoms with Crippen LogP contribution in [0.2, 0.25) is 0 Å². The zero-order chi connectivity index (χ0) is 12.7. The van der Waals surface area contributed by atoms with E-state index in [9.17, 15) is 9.59 Å². The summed E-state index contributed by atoms with van der Waals surface area (Å²) in [5.74, 6) is -0.207. The number of amides is 2. The van der Waals surface area contributed by atoms with E-state index in [0.29, 0.717) is 13.0 Å². The van der Waals surface area contributed by atoms with Gasteiger partial charge in [-0.2, -0.15) is 11.3 Å². The molecular formula is C12H14N2O3S. The van der Waals surface area contributed by atoms with Crippen molar-refractivity contribution >= 4 is 28.8 Å². The van der Waals surface area contributed by atoms with Crippen molar-refractivity contribution in [2.75, 3.05) is 18.1 Å². The number of nitrogens with zero attached hydrogens (tertiary/aromatic N) is 2. The highest BCUT2D eigenvalue weighted by atomic mass is 32.1. The van der Waals surface area contributed by atoms with E-state index in [-0.39, 0.29) is 23.9 Å². The minimum atomic E-state index is -0.476. The predicted octanol–water partition coefficient (Wildman–Crippen LogP) is 0.447. The summed E-state index contributed by atoms with van der Waals surface area (Å²) in [4.78, 5) is 27.1. The molecule has 6 heteroatoms. The van der Waals surface area contributed by atoms with Crippen LogP contribution in [0.3, 0.4) is 0 Å². The summed E-state index contributed by atoms with van der Waals surface area (Å²) in [6, 6.07) is 1.93. The highest BCUT2D eigenvalue weighted by Crippen LogP contribution is 2.36. The first-order chi connectivity index (χ1) is 8.72. The number of thiophene rings is 1. The maximum atomic E-state index is 12.1. The number of likely N-dealkylation sites (tertiary alicyclic amines) is 1. The smallest absolute Gasteiger partial charge is 0.248 e. The molecule has 0 bridgehead atoms. The Morgan fingerprint density at radius 3 is 3.00 bits per heavy atom. The van der Waals surface area contributed by atoms with E-state index in [4.69, 9.17) is 5.11 Å². The summed E-state index contributed by atoms with van der Waals surface area (Å²) in [5.41, 5.74) is 0.927. The minimum absolute atomic E-state index is 0.0684. The summed E-state index contributed by atoms with van der Waals surface area (Å²) >= 11 is 1.56. The van der Waals surface area contributed by atoms with Crippen molar-refractivity contribution < 1.29 is 14.7 Å². The van der Waals surface area contributed by atoms with Gasteiger partial charge >= 0.3 is 0 Å². The number of aliphatic hydroxyl groups excluding tert-OH is 1. The monoisotopic (exact) mass is 266 g/mol.